The Morgan fingerprint density at radius 2 is 2.46 bits per heavy atom. The van der Waals surface area contributed by atoms with Crippen LogP contribution in [0, 0.1) is 0 Å². The largest absolute Gasteiger partial charge is 0.428 e. The summed E-state index contributed by atoms with van der Waals surface area (Å²) in [7, 11) is 0. The Kier molecular flexibility index (Phi) is 2.12. The lowest BCUT2D eigenvalue weighted by Crippen LogP contribution is -2.17. The second-order valence-electron chi connectivity index (χ2n) is 3.37. The molecule has 2 rings (SSSR count). The molecule has 0 radical (unpaired) electrons. The molecule has 2 atom stereocenters. The topological polar surface area (TPSA) is 38.9 Å². The van der Waals surface area contributed by atoms with Gasteiger partial charge in [0.1, 0.15) is 6.17 Å². The van der Waals surface area contributed by atoms with E-state index in [1.807, 2.05) is 0 Å². The number of hydrogen-bond donors (Lipinski definition) is 0. The predicted octanol–water partition coefficient (Wildman–Crippen LogP) is 2.23. The van der Waals surface area contributed by atoms with Gasteiger partial charge in [0.05, 0.1) is 0 Å². The molecule has 2 unspecified atom stereocenters. The van der Waals surface area contributed by atoms with Crippen molar-refractivity contribution in [2.45, 2.75) is 31.4 Å². The van der Waals surface area contributed by atoms with Crippen LogP contribution in [0.2, 0.25) is 0 Å². The Hall–Kier alpha value is -1.19. The first-order valence-electron chi connectivity index (χ1n) is 4.35. The highest BCUT2D eigenvalue weighted by atomic mass is 19.1. The SMILES string of the molecule is C=C1CCC(c2nnco2)CC1F. The lowest BCUT2D eigenvalue weighted by Gasteiger charge is -2.23. The molecule has 1 aliphatic carbocycles. The molecule has 1 aromatic heterocycles. The van der Waals surface area contributed by atoms with E-state index in [0.717, 1.165) is 6.42 Å². The molecule has 1 saturated carbocycles. The maximum absolute atomic E-state index is 13.2. The van der Waals surface area contributed by atoms with Crippen molar-refractivity contribution in [1.29, 1.82) is 0 Å². The Morgan fingerprint density at radius 1 is 1.62 bits per heavy atom. The molecule has 0 bridgehead atoms. The lowest BCUT2D eigenvalue weighted by atomic mass is 9.85. The zero-order chi connectivity index (χ0) is 9.26. The second kappa shape index (κ2) is 3.28. The average Bonchev–Trinajstić information content (AvgIpc) is 2.62. The Bertz CT molecular complexity index is 297. The number of aromatic nitrogens is 2. The molecule has 0 aromatic carbocycles. The molecule has 1 aromatic rings. The van der Waals surface area contributed by atoms with E-state index < -0.39 is 6.17 Å². The molecule has 0 N–H and O–H groups in total. The maximum Gasteiger partial charge on any atom is 0.219 e. The van der Waals surface area contributed by atoms with Gasteiger partial charge in [-0.25, -0.2) is 4.39 Å². The van der Waals surface area contributed by atoms with Crippen molar-refractivity contribution < 1.29 is 8.81 Å². The zero-order valence-corrected chi connectivity index (χ0v) is 7.24. The second-order valence-corrected chi connectivity index (χ2v) is 3.37. The molecule has 1 heterocycles. The van der Waals surface area contributed by atoms with Crippen LogP contribution in [0.1, 0.15) is 31.1 Å². The van der Waals surface area contributed by atoms with Crippen molar-refractivity contribution in [2.24, 2.45) is 0 Å². The molecule has 4 heteroatoms. The van der Waals surface area contributed by atoms with E-state index in [2.05, 4.69) is 16.8 Å². The minimum Gasteiger partial charge on any atom is -0.428 e. The van der Waals surface area contributed by atoms with Crippen molar-refractivity contribution in [2.75, 3.05) is 0 Å². The predicted molar refractivity (Wildman–Crippen MR) is 44.9 cm³/mol. The number of rotatable bonds is 1. The molecule has 0 saturated heterocycles. The van der Waals surface area contributed by atoms with Gasteiger partial charge in [-0.1, -0.05) is 6.58 Å². The van der Waals surface area contributed by atoms with Crippen molar-refractivity contribution in [1.82, 2.24) is 10.2 Å². The lowest BCUT2D eigenvalue weighted by molar-refractivity contribution is 0.272. The highest BCUT2D eigenvalue weighted by molar-refractivity contribution is 5.10. The summed E-state index contributed by atoms with van der Waals surface area (Å²) in [5.74, 6) is 0.623. The summed E-state index contributed by atoms with van der Waals surface area (Å²) in [6, 6.07) is 0. The van der Waals surface area contributed by atoms with Gasteiger partial charge in [-0.2, -0.15) is 0 Å². The van der Waals surface area contributed by atoms with Crippen molar-refractivity contribution in [3.8, 4) is 0 Å². The van der Waals surface area contributed by atoms with Gasteiger partial charge in [0.15, 0.2) is 0 Å². The van der Waals surface area contributed by atoms with Gasteiger partial charge in [-0.3, -0.25) is 0 Å². The van der Waals surface area contributed by atoms with Crippen LogP contribution in [-0.2, 0) is 0 Å². The molecule has 1 fully saturated rings. The molecular formula is C9H11FN2O. The van der Waals surface area contributed by atoms with Crippen LogP contribution < -0.4 is 0 Å². The fourth-order valence-electron chi connectivity index (χ4n) is 1.63. The minimum absolute atomic E-state index is 0.0722. The van der Waals surface area contributed by atoms with Crippen LogP contribution in [0.4, 0.5) is 4.39 Å². The summed E-state index contributed by atoms with van der Waals surface area (Å²) in [5.41, 5.74) is 0.691. The highest BCUT2D eigenvalue weighted by Gasteiger charge is 2.28. The first kappa shape index (κ1) is 8.41. The van der Waals surface area contributed by atoms with Crippen LogP contribution in [0.15, 0.2) is 23.0 Å². The Labute approximate surface area is 75.7 Å². The molecule has 1 aliphatic rings. The number of nitrogens with zero attached hydrogens (tertiary/aromatic N) is 2. The molecule has 0 amide bonds. The summed E-state index contributed by atoms with van der Waals surface area (Å²) >= 11 is 0. The molecule has 3 nitrogen and oxygen atoms in total. The molecular weight excluding hydrogens is 171 g/mol. The van der Waals surface area contributed by atoms with Gasteiger partial charge >= 0.3 is 0 Å². The summed E-state index contributed by atoms with van der Waals surface area (Å²) < 4.78 is 18.3. The minimum atomic E-state index is -0.911. The average molecular weight is 182 g/mol. The van der Waals surface area contributed by atoms with Gasteiger partial charge in [-0.15, -0.1) is 10.2 Å². The van der Waals surface area contributed by atoms with E-state index in [1.165, 1.54) is 6.39 Å². The number of alkyl halides is 1. The molecule has 0 spiro atoms. The molecule has 13 heavy (non-hydrogen) atoms. The fraction of sp³-hybridized carbons (Fsp3) is 0.556. The number of allylic oxidation sites excluding steroid dienone is 1. The van der Waals surface area contributed by atoms with Gasteiger partial charge < -0.3 is 4.42 Å². The van der Waals surface area contributed by atoms with Crippen LogP contribution in [0.25, 0.3) is 0 Å². The summed E-state index contributed by atoms with van der Waals surface area (Å²) in [4.78, 5) is 0. The third-order valence-electron chi connectivity index (χ3n) is 2.47. The van der Waals surface area contributed by atoms with Gasteiger partial charge in [0.25, 0.3) is 0 Å². The first-order valence-corrected chi connectivity index (χ1v) is 4.35. The molecule has 0 aliphatic heterocycles. The van der Waals surface area contributed by atoms with Crippen LogP contribution >= 0.6 is 0 Å². The smallest absolute Gasteiger partial charge is 0.219 e. The first-order chi connectivity index (χ1) is 6.27. The van der Waals surface area contributed by atoms with Crippen molar-refractivity contribution >= 4 is 0 Å². The summed E-state index contributed by atoms with van der Waals surface area (Å²) in [6.07, 6.45) is 2.38. The van der Waals surface area contributed by atoms with E-state index in [-0.39, 0.29) is 5.92 Å². The monoisotopic (exact) mass is 182 g/mol. The fourth-order valence-corrected chi connectivity index (χ4v) is 1.63. The van der Waals surface area contributed by atoms with E-state index in [0.29, 0.717) is 24.3 Å². The quantitative estimate of drug-likeness (QED) is 0.625. The number of hydrogen-bond acceptors (Lipinski definition) is 3. The third kappa shape index (κ3) is 1.61. The summed E-state index contributed by atoms with van der Waals surface area (Å²) in [5, 5.41) is 7.37. The standard InChI is InChI=1S/C9H11FN2O/c1-6-2-3-7(4-8(6)10)9-12-11-5-13-9/h5,7-8H,1-4H2. The third-order valence-corrected chi connectivity index (χ3v) is 2.47. The summed E-state index contributed by atoms with van der Waals surface area (Å²) in [6.45, 7) is 3.67. The Balaban J connectivity index is 2.07. The van der Waals surface area contributed by atoms with Crippen LogP contribution in [0.3, 0.4) is 0 Å². The zero-order valence-electron chi connectivity index (χ0n) is 7.24. The highest BCUT2D eigenvalue weighted by Crippen LogP contribution is 2.35. The van der Waals surface area contributed by atoms with E-state index in [1.54, 1.807) is 0 Å². The molecule has 70 valence electrons. The number of halogens is 1. The van der Waals surface area contributed by atoms with Crippen LogP contribution in [-0.4, -0.2) is 16.4 Å². The maximum atomic E-state index is 13.2. The van der Waals surface area contributed by atoms with Crippen molar-refractivity contribution in [3.63, 3.8) is 0 Å². The van der Waals surface area contributed by atoms with Crippen molar-refractivity contribution in [3.05, 3.63) is 24.4 Å². The van der Waals surface area contributed by atoms with E-state index >= 15 is 0 Å². The normalized spacial score (nSPS) is 29.2. The van der Waals surface area contributed by atoms with Gasteiger partial charge in [0, 0.05) is 5.92 Å². The Morgan fingerprint density at radius 3 is 3.08 bits per heavy atom. The van der Waals surface area contributed by atoms with Gasteiger partial charge in [0.2, 0.25) is 12.3 Å². The van der Waals surface area contributed by atoms with Crippen LogP contribution in [0.5, 0.6) is 0 Å². The van der Waals surface area contributed by atoms with E-state index in [4.69, 9.17) is 4.42 Å². The van der Waals surface area contributed by atoms with E-state index in [9.17, 15) is 4.39 Å². The van der Waals surface area contributed by atoms with Gasteiger partial charge in [-0.05, 0) is 24.8 Å².